The fourth-order valence-electron chi connectivity index (χ4n) is 3.03. The first-order valence-electron chi connectivity index (χ1n) is 8.35. The lowest BCUT2D eigenvalue weighted by atomic mass is 10.0. The molecule has 24 heavy (non-hydrogen) atoms. The third kappa shape index (κ3) is 4.65. The number of nitrogens with zero attached hydrogens (tertiary/aromatic N) is 1. The smallest absolute Gasteiger partial charge is 0.223 e. The molecule has 128 valence electrons. The zero-order valence-electron chi connectivity index (χ0n) is 13.6. The largest absolute Gasteiger partial charge is 0.381 e. The Hall–Kier alpha value is -1.72. The monoisotopic (exact) mass is 347 g/mol. The first kappa shape index (κ1) is 17.1. The second-order valence-corrected chi connectivity index (χ2v) is 6.90. The van der Waals surface area contributed by atoms with Crippen molar-refractivity contribution < 1.29 is 13.9 Å². The van der Waals surface area contributed by atoms with E-state index in [0.29, 0.717) is 26.2 Å². The number of thiophene rings is 1. The molecule has 2 heterocycles. The molecule has 0 aliphatic carbocycles. The van der Waals surface area contributed by atoms with Crippen LogP contribution in [0.3, 0.4) is 0 Å². The summed E-state index contributed by atoms with van der Waals surface area (Å²) in [7, 11) is 0. The van der Waals surface area contributed by atoms with Gasteiger partial charge in [0.05, 0.1) is 0 Å². The van der Waals surface area contributed by atoms with Gasteiger partial charge >= 0.3 is 0 Å². The summed E-state index contributed by atoms with van der Waals surface area (Å²) >= 11 is 1.65. The second-order valence-electron chi connectivity index (χ2n) is 6.12. The molecule has 3 rings (SSSR count). The molecule has 1 aliphatic heterocycles. The molecule has 2 aromatic rings. The minimum absolute atomic E-state index is 0.164. The van der Waals surface area contributed by atoms with Crippen LogP contribution in [0.4, 0.5) is 4.39 Å². The predicted molar refractivity (Wildman–Crippen MR) is 93.4 cm³/mol. The highest BCUT2D eigenvalue weighted by molar-refractivity contribution is 7.07. The number of ether oxygens (including phenoxy) is 1. The van der Waals surface area contributed by atoms with Crippen molar-refractivity contribution in [2.75, 3.05) is 13.2 Å². The maximum absolute atomic E-state index is 13.1. The van der Waals surface area contributed by atoms with Crippen LogP contribution in [-0.4, -0.2) is 30.1 Å². The van der Waals surface area contributed by atoms with Gasteiger partial charge in [-0.2, -0.15) is 11.3 Å². The molecule has 0 spiro atoms. The molecule has 0 saturated carbocycles. The van der Waals surface area contributed by atoms with E-state index in [1.54, 1.807) is 23.5 Å². The maximum atomic E-state index is 13.1. The van der Waals surface area contributed by atoms with Crippen LogP contribution in [0.5, 0.6) is 0 Å². The van der Waals surface area contributed by atoms with E-state index < -0.39 is 0 Å². The Bertz CT molecular complexity index is 636. The molecule has 5 heteroatoms. The molecule has 1 amide bonds. The van der Waals surface area contributed by atoms with E-state index >= 15 is 0 Å². The Balaban J connectivity index is 1.68. The van der Waals surface area contributed by atoms with Crippen LogP contribution in [0.15, 0.2) is 41.1 Å². The van der Waals surface area contributed by atoms with Crippen molar-refractivity contribution in [2.24, 2.45) is 0 Å². The lowest BCUT2D eigenvalue weighted by Gasteiger charge is -2.34. The number of hydrogen-bond acceptors (Lipinski definition) is 3. The van der Waals surface area contributed by atoms with Gasteiger partial charge in [0, 0.05) is 32.2 Å². The van der Waals surface area contributed by atoms with Gasteiger partial charge in [-0.1, -0.05) is 12.1 Å². The van der Waals surface area contributed by atoms with E-state index in [1.165, 1.54) is 17.7 Å². The quantitative estimate of drug-likeness (QED) is 0.790. The molecule has 1 aliphatic rings. The number of halogens is 1. The van der Waals surface area contributed by atoms with E-state index in [-0.39, 0.29) is 17.8 Å². The topological polar surface area (TPSA) is 29.5 Å². The van der Waals surface area contributed by atoms with Crippen LogP contribution in [0, 0.1) is 5.82 Å². The van der Waals surface area contributed by atoms with Crippen molar-refractivity contribution in [3.8, 4) is 0 Å². The summed E-state index contributed by atoms with van der Waals surface area (Å²) in [5.41, 5.74) is 2.17. The van der Waals surface area contributed by atoms with Crippen LogP contribution in [0.1, 0.15) is 30.4 Å². The lowest BCUT2D eigenvalue weighted by molar-refractivity contribution is -0.136. The van der Waals surface area contributed by atoms with Gasteiger partial charge in [-0.3, -0.25) is 4.79 Å². The van der Waals surface area contributed by atoms with Crippen LogP contribution in [-0.2, 0) is 22.5 Å². The highest BCUT2D eigenvalue weighted by Gasteiger charge is 2.25. The van der Waals surface area contributed by atoms with Crippen LogP contribution >= 0.6 is 11.3 Å². The predicted octanol–water partition coefficient (Wildman–Crippen LogP) is 4.03. The Labute approximate surface area is 146 Å². The Morgan fingerprint density at radius 2 is 1.92 bits per heavy atom. The van der Waals surface area contributed by atoms with E-state index in [1.807, 2.05) is 10.3 Å². The van der Waals surface area contributed by atoms with Gasteiger partial charge in [0.15, 0.2) is 0 Å². The molecule has 0 atom stereocenters. The van der Waals surface area contributed by atoms with Gasteiger partial charge in [0.1, 0.15) is 5.82 Å². The van der Waals surface area contributed by atoms with Crippen molar-refractivity contribution in [3.63, 3.8) is 0 Å². The minimum Gasteiger partial charge on any atom is -0.381 e. The Morgan fingerprint density at radius 3 is 2.58 bits per heavy atom. The Morgan fingerprint density at radius 1 is 1.17 bits per heavy atom. The highest BCUT2D eigenvalue weighted by atomic mass is 32.1. The third-order valence-corrected chi connectivity index (χ3v) is 5.16. The number of hydrogen-bond donors (Lipinski definition) is 0. The van der Waals surface area contributed by atoms with E-state index in [9.17, 15) is 9.18 Å². The molecule has 1 aromatic carbocycles. The van der Waals surface area contributed by atoms with Crippen molar-refractivity contribution in [2.45, 2.75) is 38.3 Å². The minimum atomic E-state index is -0.250. The zero-order chi connectivity index (χ0) is 16.8. The molecule has 0 radical (unpaired) electrons. The third-order valence-electron chi connectivity index (χ3n) is 4.43. The molecule has 1 saturated heterocycles. The average Bonchev–Trinajstić information content (AvgIpc) is 3.13. The van der Waals surface area contributed by atoms with Crippen LogP contribution in [0.2, 0.25) is 0 Å². The fourth-order valence-corrected chi connectivity index (χ4v) is 3.74. The van der Waals surface area contributed by atoms with E-state index in [2.05, 4.69) is 11.4 Å². The van der Waals surface area contributed by atoms with Gasteiger partial charge in [-0.15, -0.1) is 0 Å². The number of benzene rings is 1. The summed E-state index contributed by atoms with van der Waals surface area (Å²) in [4.78, 5) is 14.8. The first-order valence-corrected chi connectivity index (χ1v) is 9.29. The SMILES string of the molecule is O=C(CCc1ccsc1)N(Cc1ccc(F)cc1)C1CCOCC1. The van der Waals surface area contributed by atoms with Crippen LogP contribution in [0.25, 0.3) is 0 Å². The summed E-state index contributed by atoms with van der Waals surface area (Å²) < 4.78 is 18.5. The average molecular weight is 347 g/mol. The normalized spacial score (nSPS) is 15.4. The summed E-state index contributed by atoms with van der Waals surface area (Å²) in [5, 5.41) is 4.13. The fraction of sp³-hybridized carbons (Fsp3) is 0.421. The molecule has 0 unspecified atom stereocenters. The lowest BCUT2D eigenvalue weighted by Crippen LogP contribution is -2.43. The molecule has 1 aromatic heterocycles. The van der Waals surface area contributed by atoms with E-state index in [0.717, 1.165) is 24.8 Å². The van der Waals surface area contributed by atoms with Gasteiger partial charge in [-0.25, -0.2) is 4.39 Å². The second kappa shape index (κ2) is 8.40. The summed E-state index contributed by atoms with van der Waals surface area (Å²) in [5.74, 6) is -0.0856. The maximum Gasteiger partial charge on any atom is 0.223 e. The van der Waals surface area contributed by atoms with Crippen molar-refractivity contribution in [3.05, 3.63) is 58.0 Å². The van der Waals surface area contributed by atoms with Gasteiger partial charge in [0.25, 0.3) is 0 Å². The molecule has 3 nitrogen and oxygen atoms in total. The number of carbonyl (C=O) groups excluding carboxylic acids is 1. The molecule has 0 bridgehead atoms. The van der Waals surface area contributed by atoms with Crippen molar-refractivity contribution >= 4 is 17.2 Å². The summed E-state index contributed by atoms with van der Waals surface area (Å²) in [6.07, 6.45) is 3.01. The molecule has 1 fully saturated rings. The molecule has 0 N–H and O–H groups in total. The van der Waals surface area contributed by atoms with Crippen LogP contribution < -0.4 is 0 Å². The summed E-state index contributed by atoms with van der Waals surface area (Å²) in [6, 6.07) is 8.69. The molecular formula is C19H22FNO2S. The Kier molecular flexibility index (Phi) is 5.99. The number of rotatable bonds is 6. The van der Waals surface area contributed by atoms with Gasteiger partial charge < -0.3 is 9.64 Å². The summed E-state index contributed by atoms with van der Waals surface area (Å²) in [6.45, 7) is 1.93. The number of aryl methyl sites for hydroxylation is 1. The van der Waals surface area contributed by atoms with Crippen molar-refractivity contribution in [1.29, 1.82) is 0 Å². The number of carbonyl (C=O) groups is 1. The standard InChI is InChI=1S/C19H22FNO2S/c20-17-4-1-15(2-5-17)13-21(18-7-10-23-11-8-18)19(22)6-3-16-9-12-24-14-16/h1-2,4-5,9,12,14,18H,3,6-8,10-11,13H2. The van der Waals surface area contributed by atoms with Crippen molar-refractivity contribution in [1.82, 2.24) is 4.90 Å². The first-order chi connectivity index (χ1) is 11.7. The van der Waals surface area contributed by atoms with Gasteiger partial charge in [-0.05, 0) is 59.3 Å². The highest BCUT2D eigenvalue weighted by Crippen LogP contribution is 2.20. The molecular weight excluding hydrogens is 325 g/mol. The number of amides is 1. The van der Waals surface area contributed by atoms with Gasteiger partial charge in [0.2, 0.25) is 5.91 Å². The van der Waals surface area contributed by atoms with E-state index in [4.69, 9.17) is 4.74 Å². The zero-order valence-corrected chi connectivity index (χ0v) is 14.4.